The van der Waals surface area contributed by atoms with E-state index < -0.39 is 23.8 Å². The number of aliphatic hydroxyl groups excluding tert-OH is 1. The highest BCUT2D eigenvalue weighted by atomic mass is 35.5. The maximum Gasteiger partial charge on any atom is 0.410 e. The molecule has 1 atom stereocenters. The topological polar surface area (TPSA) is 87.1 Å². The molecule has 0 saturated carbocycles. The zero-order valence-corrected chi connectivity index (χ0v) is 20.8. The highest BCUT2D eigenvalue weighted by molar-refractivity contribution is 6.30. The summed E-state index contributed by atoms with van der Waals surface area (Å²) in [5.41, 5.74) is 3.11. The molecule has 6 nitrogen and oxygen atoms in total. The summed E-state index contributed by atoms with van der Waals surface area (Å²) in [6.45, 7) is 5.84. The van der Waals surface area contributed by atoms with E-state index in [0.717, 1.165) is 16.7 Å². The van der Waals surface area contributed by atoms with Crippen LogP contribution in [0, 0.1) is 0 Å². The van der Waals surface area contributed by atoms with Crippen LogP contribution in [-0.4, -0.2) is 45.9 Å². The number of amides is 1. The zero-order chi connectivity index (χ0) is 25.6. The van der Waals surface area contributed by atoms with Crippen LogP contribution in [0.3, 0.4) is 0 Å². The van der Waals surface area contributed by atoms with Crippen LogP contribution < -0.4 is 0 Å². The Morgan fingerprint density at radius 2 is 1.57 bits per heavy atom. The van der Waals surface area contributed by atoms with Crippen LogP contribution in [0.15, 0.2) is 72.8 Å². The molecule has 2 N–H and O–H groups in total. The third-order valence-electron chi connectivity index (χ3n) is 5.37. The molecule has 0 bridgehead atoms. The molecular formula is C28H30ClNO5. The van der Waals surface area contributed by atoms with E-state index >= 15 is 0 Å². The van der Waals surface area contributed by atoms with Gasteiger partial charge in [0.15, 0.2) is 0 Å². The summed E-state index contributed by atoms with van der Waals surface area (Å²) in [7, 11) is 0. The number of aliphatic hydroxyl groups is 1. The highest BCUT2D eigenvalue weighted by Gasteiger charge is 2.24. The minimum Gasteiger partial charge on any atom is -0.478 e. The number of halogens is 1. The van der Waals surface area contributed by atoms with Crippen molar-refractivity contribution in [3.8, 4) is 11.1 Å². The summed E-state index contributed by atoms with van der Waals surface area (Å²) >= 11 is 6.05. The zero-order valence-electron chi connectivity index (χ0n) is 20.1. The summed E-state index contributed by atoms with van der Waals surface area (Å²) in [6.07, 6.45) is -0.828. The van der Waals surface area contributed by atoms with Crippen molar-refractivity contribution in [2.75, 3.05) is 13.1 Å². The first-order valence-electron chi connectivity index (χ1n) is 11.4. The van der Waals surface area contributed by atoms with Gasteiger partial charge in [-0.2, -0.15) is 0 Å². The molecule has 0 heterocycles. The number of hydrogen-bond donors (Lipinski definition) is 2. The van der Waals surface area contributed by atoms with Crippen LogP contribution in [-0.2, 0) is 11.2 Å². The second-order valence-corrected chi connectivity index (χ2v) is 9.76. The van der Waals surface area contributed by atoms with E-state index in [1.165, 1.54) is 4.90 Å². The van der Waals surface area contributed by atoms with E-state index in [1.54, 1.807) is 69.3 Å². The van der Waals surface area contributed by atoms with Gasteiger partial charge in [-0.3, -0.25) is 0 Å². The number of carbonyl (C=O) groups excluding carboxylic acids is 1. The Hall–Kier alpha value is -3.35. The van der Waals surface area contributed by atoms with Crippen molar-refractivity contribution in [2.45, 2.75) is 38.9 Å². The maximum absolute atomic E-state index is 12.9. The maximum atomic E-state index is 12.9. The molecular weight excluding hydrogens is 466 g/mol. The normalized spacial score (nSPS) is 12.1. The second kappa shape index (κ2) is 11.4. The van der Waals surface area contributed by atoms with E-state index in [1.807, 2.05) is 24.3 Å². The number of nitrogens with zero attached hydrogens (tertiary/aromatic N) is 1. The minimum absolute atomic E-state index is 0.0727. The van der Waals surface area contributed by atoms with Crippen molar-refractivity contribution in [1.82, 2.24) is 4.90 Å². The van der Waals surface area contributed by atoms with E-state index in [4.69, 9.17) is 21.4 Å². The van der Waals surface area contributed by atoms with Gasteiger partial charge in [0.05, 0.1) is 18.2 Å². The van der Waals surface area contributed by atoms with Crippen molar-refractivity contribution in [1.29, 1.82) is 0 Å². The number of benzene rings is 3. The van der Waals surface area contributed by atoms with Crippen molar-refractivity contribution in [3.63, 3.8) is 0 Å². The summed E-state index contributed by atoms with van der Waals surface area (Å²) in [5.74, 6) is -0.957. The Morgan fingerprint density at radius 3 is 2.11 bits per heavy atom. The average Bonchev–Trinajstić information content (AvgIpc) is 2.81. The predicted octanol–water partition coefficient (Wildman–Crippen LogP) is 6.22. The molecule has 1 amide bonds. The van der Waals surface area contributed by atoms with Gasteiger partial charge in [0.25, 0.3) is 0 Å². The lowest BCUT2D eigenvalue weighted by molar-refractivity contribution is 0.0147. The van der Waals surface area contributed by atoms with E-state index in [-0.39, 0.29) is 12.1 Å². The van der Waals surface area contributed by atoms with Gasteiger partial charge in [-0.25, -0.2) is 9.59 Å². The van der Waals surface area contributed by atoms with Crippen LogP contribution in [0.4, 0.5) is 4.79 Å². The molecule has 184 valence electrons. The molecule has 7 heteroatoms. The SMILES string of the molecule is CC(C)(C)OC(=O)N(CCc1ccc(-c2ccc(C(=O)O)cc2)cc1)C[C@H](O)c1cccc(Cl)c1. The molecule has 0 aliphatic heterocycles. The van der Waals surface area contributed by atoms with Crippen molar-refractivity contribution >= 4 is 23.7 Å². The van der Waals surface area contributed by atoms with Gasteiger partial charge in [0.2, 0.25) is 0 Å². The fourth-order valence-electron chi connectivity index (χ4n) is 3.54. The molecule has 0 aliphatic rings. The second-order valence-electron chi connectivity index (χ2n) is 9.33. The molecule has 3 aromatic rings. The molecule has 0 spiro atoms. The number of ether oxygens (including phenoxy) is 1. The Balaban J connectivity index is 1.69. The third kappa shape index (κ3) is 7.84. The lowest BCUT2D eigenvalue weighted by atomic mass is 10.0. The minimum atomic E-state index is -0.957. The first-order chi connectivity index (χ1) is 16.5. The largest absolute Gasteiger partial charge is 0.478 e. The molecule has 0 saturated heterocycles. The van der Waals surface area contributed by atoms with Crippen LogP contribution in [0.2, 0.25) is 5.02 Å². The van der Waals surface area contributed by atoms with Gasteiger partial charge in [-0.05, 0) is 73.7 Å². The molecule has 0 aromatic heterocycles. The van der Waals surface area contributed by atoms with Crippen LogP contribution in [0.1, 0.15) is 48.4 Å². The monoisotopic (exact) mass is 495 g/mol. The Kier molecular flexibility index (Phi) is 8.54. The van der Waals surface area contributed by atoms with Crippen molar-refractivity contribution in [2.24, 2.45) is 0 Å². The summed E-state index contributed by atoms with van der Waals surface area (Å²) in [5, 5.41) is 20.3. The third-order valence-corrected chi connectivity index (χ3v) is 5.60. The number of carboxylic acid groups (broad SMARTS) is 1. The summed E-state index contributed by atoms with van der Waals surface area (Å²) in [6, 6.07) is 21.5. The summed E-state index contributed by atoms with van der Waals surface area (Å²) < 4.78 is 5.56. The molecule has 0 aliphatic carbocycles. The molecule has 0 unspecified atom stereocenters. The Morgan fingerprint density at radius 1 is 0.971 bits per heavy atom. The number of hydrogen-bond acceptors (Lipinski definition) is 4. The quantitative estimate of drug-likeness (QED) is 0.387. The first-order valence-corrected chi connectivity index (χ1v) is 11.7. The standard InChI is InChI=1S/C28H30ClNO5/c1-28(2,3)35-27(34)30(18-25(31)23-5-4-6-24(29)17-23)16-15-19-7-9-20(10-8-19)21-11-13-22(14-12-21)26(32)33/h4-14,17,25,31H,15-16,18H2,1-3H3,(H,32,33)/t25-/m0/s1. The number of rotatable bonds is 8. The van der Waals surface area contributed by atoms with Crippen LogP contribution >= 0.6 is 11.6 Å². The van der Waals surface area contributed by atoms with Gasteiger partial charge >= 0.3 is 12.1 Å². The van der Waals surface area contributed by atoms with Crippen molar-refractivity contribution in [3.05, 3.63) is 94.5 Å². The molecule has 0 radical (unpaired) electrons. The van der Waals surface area contributed by atoms with Gasteiger partial charge in [-0.15, -0.1) is 0 Å². The number of carbonyl (C=O) groups is 2. The molecule has 0 fully saturated rings. The first kappa shape index (κ1) is 26.3. The lowest BCUT2D eigenvalue weighted by Gasteiger charge is -2.29. The van der Waals surface area contributed by atoms with Crippen LogP contribution in [0.5, 0.6) is 0 Å². The molecule has 3 rings (SSSR count). The molecule has 35 heavy (non-hydrogen) atoms. The Bertz CT molecular complexity index is 1150. The molecule has 3 aromatic carbocycles. The van der Waals surface area contributed by atoms with Crippen molar-refractivity contribution < 1.29 is 24.5 Å². The predicted molar refractivity (Wildman–Crippen MR) is 137 cm³/mol. The van der Waals surface area contributed by atoms with Gasteiger partial charge < -0.3 is 19.8 Å². The number of carboxylic acids is 1. The van der Waals surface area contributed by atoms with E-state index in [9.17, 15) is 14.7 Å². The fourth-order valence-corrected chi connectivity index (χ4v) is 3.74. The van der Waals surface area contributed by atoms with E-state index in [0.29, 0.717) is 23.6 Å². The highest BCUT2D eigenvalue weighted by Crippen LogP contribution is 2.22. The van der Waals surface area contributed by atoms with Crippen LogP contribution in [0.25, 0.3) is 11.1 Å². The number of aromatic carboxylic acids is 1. The van der Waals surface area contributed by atoms with E-state index in [2.05, 4.69) is 0 Å². The fraction of sp³-hybridized carbons (Fsp3) is 0.286. The average molecular weight is 496 g/mol. The Labute approximate surface area is 210 Å². The van der Waals surface area contributed by atoms with Gasteiger partial charge in [0.1, 0.15) is 5.60 Å². The lowest BCUT2D eigenvalue weighted by Crippen LogP contribution is -2.40. The van der Waals surface area contributed by atoms with Gasteiger partial charge in [-0.1, -0.05) is 60.1 Å². The summed E-state index contributed by atoms with van der Waals surface area (Å²) in [4.78, 5) is 25.4. The smallest absolute Gasteiger partial charge is 0.410 e. The van der Waals surface area contributed by atoms with Gasteiger partial charge in [0, 0.05) is 11.6 Å².